The molecule has 0 aliphatic heterocycles. The first-order chi connectivity index (χ1) is 12.0. The van der Waals surface area contributed by atoms with Crippen LogP contribution in [0.25, 0.3) is 5.69 Å². The summed E-state index contributed by atoms with van der Waals surface area (Å²) in [6.45, 7) is 4.69. The topological polar surface area (TPSA) is 63.9 Å². The highest BCUT2D eigenvalue weighted by Crippen LogP contribution is 2.20. The molecule has 0 spiro atoms. The highest BCUT2D eigenvalue weighted by atomic mass is 32.2. The molecule has 0 fully saturated rings. The van der Waals surface area contributed by atoms with Crippen LogP contribution in [0.4, 0.5) is 0 Å². The summed E-state index contributed by atoms with van der Waals surface area (Å²) in [7, 11) is 1.81. The monoisotopic (exact) mass is 373 g/mol. The van der Waals surface area contributed by atoms with Gasteiger partial charge in [0.05, 0.1) is 11.4 Å². The van der Waals surface area contributed by atoms with Gasteiger partial charge in [0.2, 0.25) is 11.1 Å². The SMILES string of the molecule is Cc1cc(C)cc(-n2nnnc2SCC(=O)N(C)Cc2ccsc2)c1. The summed E-state index contributed by atoms with van der Waals surface area (Å²) < 4.78 is 1.68. The lowest BCUT2D eigenvalue weighted by Gasteiger charge is -2.16. The van der Waals surface area contributed by atoms with Crippen LogP contribution in [0.5, 0.6) is 0 Å². The lowest BCUT2D eigenvalue weighted by atomic mass is 10.1. The van der Waals surface area contributed by atoms with Crippen molar-refractivity contribution in [1.82, 2.24) is 25.1 Å². The van der Waals surface area contributed by atoms with Crippen molar-refractivity contribution in [3.63, 3.8) is 0 Å². The normalized spacial score (nSPS) is 10.8. The maximum atomic E-state index is 12.4. The Kier molecular flexibility index (Phi) is 5.50. The summed E-state index contributed by atoms with van der Waals surface area (Å²) in [6, 6.07) is 8.18. The van der Waals surface area contributed by atoms with E-state index in [4.69, 9.17) is 0 Å². The fourth-order valence-electron chi connectivity index (χ4n) is 2.49. The average Bonchev–Trinajstić information content (AvgIpc) is 3.22. The molecule has 2 aromatic heterocycles. The van der Waals surface area contributed by atoms with Gasteiger partial charge in [-0.25, -0.2) is 0 Å². The molecule has 0 aliphatic carbocycles. The Morgan fingerprint density at radius 2 is 2.04 bits per heavy atom. The highest BCUT2D eigenvalue weighted by molar-refractivity contribution is 7.99. The number of carbonyl (C=O) groups excluding carboxylic acids is 1. The van der Waals surface area contributed by atoms with Crippen LogP contribution in [-0.2, 0) is 11.3 Å². The minimum Gasteiger partial charge on any atom is -0.341 e. The van der Waals surface area contributed by atoms with Gasteiger partial charge in [0.1, 0.15) is 0 Å². The second-order valence-corrected chi connectivity index (χ2v) is 7.61. The van der Waals surface area contributed by atoms with Gasteiger partial charge in [-0.3, -0.25) is 4.79 Å². The van der Waals surface area contributed by atoms with Gasteiger partial charge < -0.3 is 4.90 Å². The van der Waals surface area contributed by atoms with Crippen LogP contribution >= 0.6 is 23.1 Å². The molecule has 0 atom stereocenters. The maximum Gasteiger partial charge on any atom is 0.233 e. The Balaban J connectivity index is 1.66. The molecule has 0 bridgehead atoms. The summed E-state index contributed by atoms with van der Waals surface area (Å²) in [5.41, 5.74) is 4.34. The van der Waals surface area contributed by atoms with E-state index in [1.54, 1.807) is 20.9 Å². The third-order valence-electron chi connectivity index (χ3n) is 3.64. The molecule has 8 heteroatoms. The molecule has 1 aromatic carbocycles. The van der Waals surface area contributed by atoms with E-state index in [2.05, 4.69) is 27.0 Å². The average molecular weight is 374 g/mol. The van der Waals surface area contributed by atoms with Gasteiger partial charge in [-0.05, 0) is 69.9 Å². The van der Waals surface area contributed by atoms with Crippen molar-refractivity contribution in [2.45, 2.75) is 25.5 Å². The number of carbonyl (C=O) groups is 1. The van der Waals surface area contributed by atoms with Crippen molar-refractivity contribution in [3.8, 4) is 5.69 Å². The van der Waals surface area contributed by atoms with Crippen molar-refractivity contribution in [2.24, 2.45) is 0 Å². The molecule has 6 nitrogen and oxygen atoms in total. The van der Waals surface area contributed by atoms with Gasteiger partial charge in [-0.2, -0.15) is 16.0 Å². The van der Waals surface area contributed by atoms with Crippen LogP contribution in [0.15, 0.2) is 40.2 Å². The molecule has 1 amide bonds. The van der Waals surface area contributed by atoms with Crippen molar-refractivity contribution >= 4 is 29.0 Å². The molecule has 0 aliphatic rings. The predicted molar refractivity (Wildman–Crippen MR) is 100 cm³/mol. The molecular weight excluding hydrogens is 354 g/mol. The van der Waals surface area contributed by atoms with Crippen molar-refractivity contribution in [2.75, 3.05) is 12.8 Å². The molecule has 3 aromatic rings. The molecule has 0 saturated heterocycles. The lowest BCUT2D eigenvalue weighted by molar-refractivity contribution is -0.127. The van der Waals surface area contributed by atoms with E-state index in [0.717, 1.165) is 22.4 Å². The van der Waals surface area contributed by atoms with Gasteiger partial charge in [0, 0.05) is 13.6 Å². The fraction of sp³-hybridized carbons (Fsp3) is 0.294. The zero-order valence-corrected chi connectivity index (χ0v) is 16.0. The molecular formula is C17H19N5OS2. The van der Waals surface area contributed by atoms with Gasteiger partial charge in [-0.1, -0.05) is 17.8 Å². The minimum atomic E-state index is 0.0474. The van der Waals surface area contributed by atoms with E-state index in [0.29, 0.717) is 17.5 Å². The molecule has 2 heterocycles. The molecule has 25 heavy (non-hydrogen) atoms. The van der Waals surface area contributed by atoms with E-state index in [1.807, 2.05) is 44.5 Å². The van der Waals surface area contributed by atoms with E-state index in [1.165, 1.54) is 11.8 Å². The molecule has 3 rings (SSSR count). The molecule has 130 valence electrons. The van der Waals surface area contributed by atoms with Gasteiger partial charge in [0.25, 0.3) is 0 Å². The Morgan fingerprint density at radius 1 is 1.28 bits per heavy atom. The van der Waals surface area contributed by atoms with E-state index >= 15 is 0 Å². The first-order valence-corrected chi connectivity index (χ1v) is 9.70. The van der Waals surface area contributed by atoms with Crippen molar-refractivity contribution in [3.05, 3.63) is 51.7 Å². The summed E-state index contributed by atoms with van der Waals surface area (Å²) in [6.07, 6.45) is 0. The molecule has 0 unspecified atom stereocenters. The standard InChI is InChI=1S/C17H19N5OS2/c1-12-6-13(2)8-15(7-12)22-17(18-19-20-22)25-11-16(23)21(3)9-14-4-5-24-10-14/h4-8,10H,9,11H2,1-3H3. The quantitative estimate of drug-likeness (QED) is 0.621. The van der Waals surface area contributed by atoms with Gasteiger partial charge >= 0.3 is 0 Å². The zero-order valence-electron chi connectivity index (χ0n) is 14.3. The lowest BCUT2D eigenvalue weighted by Crippen LogP contribution is -2.27. The van der Waals surface area contributed by atoms with Crippen molar-refractivity contribution < 1.29 is 4.79 Å². The number of rotatable bonds is 6. The Labute approximate surface area is 154 Å². The Morgan fingerprint density at radius 3 is 2.72 bits per heavy atom. The van der Waals surface area contributed by atoms with Crippen LogP contribution in [0.2, 0.25) is 0 Å². The summed E-state index contributed by atoms with van der Waals surface area (Å²) in [5.74, 6) is 0.345. The number of hydrogen-bond acceptors (Lipinski definition) is 6. The minimum absolute atomic E-state index is 0.0474. The second-order valence-electron chi connectivity index (χ2n) is 5.89. The summed E-state index contributed by atoms with van der Waals surface area (Å²) in [4.78, 5) is 14.1. The summed E-state index contributed by atoms with van der Waals surface area (Å²) >= 11 is 2.98. The largest absolute Gasteiger partial charge is 0.341 e. The smallest absolute Gasteiger partial charge is 0.233 e. The van der Waals surface area contributed by atoms with E-state index < -0.39 is 0 Å². The number of benzene rings is 1. The van der Waals surface area contributed by atoms with Crippen LogP contribution < -0.4 is 0 Å². The van der Waals surface area contributed by atoms with Crippen LogP contribution in [0, 0.1) is 13.8 Å². The van der Waals surface area contributed by atoms with Gasteiger partial charge in [-0.15, -0.1) is 5.10 Å². The number of aromatic nitrogens is 4. The predicted octanol–water partition coefficient (Wildman–Crippen LogP) is 3.09. The van der Waals surface area contributed by atoms with Gasteiger partial charge in [0.15, 0.2) is 0 Å². The third kappa shape index (κ3) is 4.46. The number of nitrogens with zero attached hydrogens (tertiary/aromatic N) is 5. The first kappa shape index (κ1) is 17.6. The van der Waals surface area contributed by atoms with E-state index in [-0.39, 0.29) is 5.91 Å². The Hall–Kier alpha value is -2.19. The van der Waals surface area contributed by atoms with Crippen LogP contribution in [-0.4, -0.2) is 43.8 Å². The number of aryl methyl sites for hydroxylation is 2. The Bertz CT molecular complexity index is 840. The van der Waals surface area contributed by atoms with E-state index in [9.17, 15) is 4.79 Å². The second kappa shape index (κ2) is 7.79. The third-order valence-corrected chi connectivity index (χ3v) is 5.28. The van der Waals surface area contributed by atoms with Crippen LogP contribution in [0.1, 0.15) is 16.7 Å². The first-order valence-electron chi connectivity index (χ1n) is 7.78. The summed E-state index contributed by atoms with van der Waals surface area (Å²) in [5, 5.41) is 16.6. The highest BCUT2D eigenvalue weighted by Gasteiger charge is 2.15. The number of tetrazole rings is 1. The number of thioether (sulfide) groups is 1. The fourth-order valence-corrected chi connectivity index (χ4v) is 3.98. The number of hydrogen-bond donors (Lipinski definition) is 0. The molecule has 0 radical (unpaired) electrons. The molecule has 0 saturated carbocycles. The van der Waals surface area contributed by atoms with Crippen molar-refractivity contribution in [1.29, 1.82) is 0 Å². The number of amides is 1. The number of thiophene rings is 1. The zero-order chi connectivity index (χ0) is 17.8. The van der Waals surface area contributed by atoms with Crippen LogP contribution in [0.3, 0.4) is 0 Å². The maximum absolute atomic E-state index is 12.4. The molecule has 0 N–H and O–H groups in total.